The maximum absolute atomic E-state index is 2.54. The molecule has 0 aliphatic rings. The molecule has 0 spiro atoms. The SMILES string of the molecule is Cc1cc(/C=C/[Si](c2ccccc2)(c2ccccc2)c2ccccc2)c(C)cc1/C=C/[Si](c1ccccc1)(c1ccccc1)c1ccccc1. The average Bonchev–Trinajstić information content (AvgIpc) is 3.19. The Morgan fingerprint density at radius 3 is 0.700 bits per heavy atom. The Balaban J connectivity index is 1.35. The molecule has 0 nitrogen and oxygen atoms in total. The van der Waals surface area contributed by atoms with Crippen molar-refractivity contribution in [2.45, 2.75) is 13.8 Å². The lowest BCUT2D eigenvalue weighted by atomic mass is 10.00. The van der Waals surface area contributed by atoms with E-state index in [9.17, 15) is 0 Å². The summed E-state index contributed by atoms with van der Waals surface area (Å²) >= 11 is 0. The highest BCUT2D eigenvalue weighted by Gasteiger charge is 2.38. The first kappa shape index (κ1) is 33.0. The first-order valence-electron chi connectivity index (χ1n) is 17.4. The summed E-state index contributed by atoms with van der Waals surface area (Å²) in [5.41, 5.74) is 10.2. The summed E-state index contributed by atoms with van der Waals surface area (Å²) in [6.45, 7) is 4.51. The Labute approximate surface area is 299 Å². The van der Waals surface area contributed by atoms with Crippen LogP contribution in [0, 0.1) is 13.8 Å². The maximum atomic E-state index is 2.54. The second-order valence-electron chi connectivity index (χ2n) is 13.0. The predicted octanol–water partition coefficient (Wildman–Crippen LogP) is 7.75. The zero-order chi connectivity index (χ0) is 34.2. The third kappa shape index (κ3) is 6.44. The lowest BCUT2D eigenvalue weighted by Crippen LogP contribution is -2.66. The van der Waals surface area contributed by atoms with E-state index in [1.807, 2.05) is 0 Å². The van der Waals surface area contributed by atoms with Crippen molar-refractivity contribution in [1.82, 2.24) is 0 Å². The van der Waals surface area contributed by atoms with Gasteiger partial charge >= 0.3 is 0 Å². The summed E-state index contributed by atoms with van der Waals surface area (Å²) in [5.74, 6) is 0. The van der Waals surface area contributed by atoms with Crippen LogP contribution in [0.2, 0.25) is 0 Å². The number of hydrogen-bond donors (Lipinski definition) is 0. The van der Waals surface area contributed by atoms with Crippen molar-refractivity contribution in [2.24, 2.45) is 0 Å². The lowest BCUT2D eigenvalue weighted by Gasteiger charge is -2.31. The smallest absolute Gasteiger partial charge is 0.0812 e. The molecule has 0 aromatic heterocycles. The van der Waals surface area contributed by atoms with Crippen molar-refractivity contribution in [2.75, 3.05) is 0 Å². The van der Waals surface area contributed by atoms with E-state index in [1.165, 1.54) is 53.4 Å². The van der Waals surface area contributed by atoms with Gasteiger partial charge in [0.1, 0.15) is 0 Å². The topological polar surface area (TPSA) is 0 Å². The van der Waals surface area contributed by atoms with Crippen LogP contribution in [0.15, 0.2) is 206 Å². The van der Waals surface area contributed by atoms with E-state index >= 15 is 0 Å². The van der Waals surface area contributed by atoms with Crippen molar-refractivity contribution < 1.29 is 0 Å². The summed E-state index contributed by atoms with van der Waals surface area (Å²) < 4.78 is 0. The largest absolute Gasteiger partial charge is 0.172 e. The summed E-state index contributed by atoms with van der Waals surface area (Å²) in [4.78, 5) is 0. The minimum absolute atomic E-state index is 1.26. The van der Waals surface area contributed by atoms with Gasteiger partial charge in [0.15, 0.2) is 16.1 Å². The Hall–Kier alpha value is -5.55. The van der Waals surface area contributed by atoms with Crippen LogP contribution < -0.4 is 31.1 Å². The van der Waals surface area contributed by atoms with Gasteiger partial charge in [0.05, 0.1) is 0 Å². The first-order valence-corrected chi connectivity index (χ1v) is 21.6. The molecule has 7 rings (SSSR count). The molecule has 0 aliphatic carbocycles. The van der Waals surface area contributed by atoms with E-state index in [1.54, 1.807) is 0 Å². The van der Waals surface area contributed by atoms with Gasteiger partial charge in [-0.1, -0.05) is 218 Å². The van der Waals surface area contributed by atoms with Crippen LogP contribution >= 0.6 is 0 Å². The van der Waals surface area contributed by atoms with Gasteiger partial charge < -0.3 is 0 Å². The molecule has 0 heterocycles. The average molecular weight is 675 g/mol. The molecule has 0 fully saturated rings. The standard InChI is InChI=1S/C48H42Si2/c1-39-37-42(34-36-50(46-27-15-6-16-28-46,47-29-17-7-18-30-47)48-31-19-8-20-32-48)40(2)38-41(39)33-35-49(43-21-9-3-10-22-43,44-23-11-4-12-24-44)45-25-13-5-14-26-45/h3-38H,1-2H3/b35-33+,36-34+. The monoisotopic (exact) mass is 674 g/mol. The second kappa shape index (κ2) is 14.9. The molecule has 0 saturated carbocycles. The molecule has 0 amide bonds. The molecule has 0 radical (unpaired) electrons. The Morgan fingerprint density at radius 2 is 0.500 bits per heavy atom. The normalized spacial score (nSPS) is 12.0. The summed E-state index contributed by atoms with van der Waals surface area (Å²) in [7, 11) is -5.00. The maximum Gasteiger partial charge on any atom is 0.172 e. The fraction of sp³-hybridized carbons (Fsp3) is 0.0417. The van der Waals surface area contributed by atoms with E-state index in [-0.39, 0.29) is 0 Å². The van der Waals surface area contributed by atoms with E-state index in [0.717, 1.165) is 0 Å². The molecule has 0 saturated heterocycles. The number of benzene rings is 7. The predicted molar refractivity (Wildman–Crippen MR) is 222 cm³/mol. The zero-order valence-corrected chi connectivity index (χ0v) is 30.8. The number of rotatable bonds is 10. The molecular weight excluding hydrogens is 633 g/mol. The molecule has 0 N–H and O–H groups in total. The molecule has 0 unspecified atom stereocenters. The number of aryl methyl sites for hydroxylation is 2. The molecular formula is C48H42Si2. The fourth-order valence-electron chi connectivity index (χ4n) is 7.43. The van der Waals surface area contributed by atoms with Crippen molar-refractivity contribution >= 4 is 59.4 Å². The molecule has 242 valence electrons. The van der Waals surface area contributed by atoms with Crippen LogP contribution in [-0.4, -0.2) is 16.1 Å². The van der Waals surface area contributed by atoms with Crippen LogP contribution in [0.1, 0.15) is 22.3 Å². The molecule has 7 aromatic carbocycles. The van der Waals surface area contributed by atoms with Crippen molar-refractivity contribution in [3.05, 3.63) is 228 Å². The Bertz CT molecular complexity index is 1840. The first-order chi connectivity index (χ1) is 24.6. The van der Waals surface area contributed by atoms with Gasteiger partial charge in [0.25, 0.3) is 0 Å². The molecule has 0 aliphatic heterocycles. The van der Waals surface area contributed by atoms with Gasteiger partial charge in [-0.05, 0) is 67.2 Å². The lowest BCUT2D eigenvalue weighted by molar-refractivity contribution is 1.36. The summed E-state index contributed by atoms with van der Waals surface area (Å²) in [6.07, 6.45) is 4.79. The summed E-state index contributed by atoms with van der Waals surface area (Å²) in [6, 6.07) is 71.3. The van der Waals surface area contributed by atoms with E-state index in [0.29, 0.717) is 0 Å². The van der Waals surface area contributed by atoms with Crippen molar-refractivity contribution in [3.63, 3.8) is 0 Å². The highest BCUT2D eigenvalue weighted by molar-refractivity contribution is 7.15. The van der Waals surface area contributed by atoms with Gasteiger partial charge in [-0.15, -0.1) is 0 Å². The van der Waals surface area contributed by atoms with Crippen LogP contribution in [0.25, 0.3) is 12.2 Å². The van der Waals surface area contributed by atoms with Crippen LogP contribution in [0.4, 0.5) is 0 Å². The van der Waals surface area contributed by atoms with Gasteiger partial charge in [-0.25, -0.2) is 0 Å². The van der Waals surface area contributed by atoms with E-state index < -0.39 is 16.1 Å². The van der Waals surface area contributed by atoms with Crippen LogP contribution in [0.3, 0.4) is 0 Å². The van der Waals surface area contributed by atoms with Gasteiger partial charge in [-0.2, -0.15) is 0 Å². The molecule has 0 atom stereocenters. The third-order valence-corrected chi connectivity index (χ3v) is 18.9. The fourth-order valence-corrected chi connectivity index (χ4v) is 15.8. The highest BCUT2D eigenvalue weighted by atomic mass is 28.3. The quantitative estimate of drug-likeness (QED) is 0.103. The van der Waals surface area contributed by atoms with Crippen LogP contribution in [0.5, 0.6) is 0 Å². The van der Waals surface area contributed by atoms with Gasteiger partial charge in [0.2, 0.25) is 0 Å². The number of hydrogen-bond acceptors (Lipinski definition) is 0. The summed E-state index contributed by atoms with van der Waals surface area (Å²) in [5, 5.41) is 8.29. The minimum Gasteiger partial charge on any atom is -0.0812 e. The van der Waals surface area contributed by atoms with Crippen molar-refractivity contribution in [1.29, 1.82) is 0 Å². The minimum atomic E-state index is -2.50. The molecule has 50 heavy (non-hydrogen) atoms. The van der Waals surface area contributed by atoms with E-state index in [2.05, 4.69) is 232 Å². The molecule has 0 bridgehead atoms. The van der Waals surface area contributed by atoms with Gasteiger partial charge in [-0.3, -0.25) is 0 Å². The van der Waals surface area contributed by atoms with Crippen molar-refractivity contribution in [3.8, 4) is 0 Å². The highest BCUT2D eigenvalue weighted by Crippen LogP contribution is 2.22. The van der Waals surface area contributed by atoms with Gasteiger partial charge in [0, 0.05) is 0 Å². The Morgan fingerprint density at radius 1 is 0.300 bits per heavy atom. The second-order valence-corrected chi connectivity index (χ2v) is 20.4. The molecule has 2 heteroatoms. The van der Waals surface area contributed by atoms with Crippen LogP contribution in [-0.2, 0) is 0 Å². The third-order valence-electron chi connectivity index (χ3n) is 10.1. The van der Waals surface area contributed by atoms with E-state index in [4.69, 9.17) is 0 Å². The Kier molecular flexibility index (Phi) is 9.84. The zero-order valence-electron chi connectivity index (χ0n) is 28.8. The molecule has 7 aromatic rings.